The van der Waals surface area contributed by atoms with Crippen LogP contribution in [0.2, 0.25) is 0 Å². The predicted molar refractivity (Wildman–Crippen MR) is 47.6 cm³/mol. The Kier molecular flexibility index (Phi) is 2.05. The first-order chi connectivity index (χ1) is 6.58. The molecule has 2 rings (SSSR count). The van der Waals surface area contributed by atoms with E-state index in [4.69, 9.17) is 10.8 Å². The van der Waals surface area contributed by atoms with Crippen molar-refractivity contribution in [2.24, 2.45) is 5.73 Å². The van der Waals surface area contributed by atoms with Crippen molar-refractivity contribution in [3.8, 4) is 0 Å². The van der Waals surface area contributed by atoms with Crippen LogP contribution in [0.4, 0.5) is 8.78 Å². The van der Waals surface area contributed by atoms with Gasteiger partial charge in [-0.05, 0) is 30.0 Å². The molecule has 1 aromatic rings. The van der Waals surface area contributed by atoms with Crippen molar-refractivity contribution >= 4 is 0 Å². The van der Waals surface area contributed by atoms with Crippen molar-refractivity contribution in [3.05, 3.63) is 34.9 Å². The summed E-state index contributed by atoms with van der Waals surface area (Å²) >= 11 is 0. The van der Waals surface area contributed by atoms with E-state index in [2.05, 4.69) is 0 Å². The number of benzene rings is 1. The van der Waals surface area contributed by atoms with E-state index in [1.807, 2.05) is 0 Å². The summed E-state index contributed by atoms with van der Waals surface area (Å²) < 4.78 is 26.1. The second-order valence-electron chi connectivity index (χ2n) is 3.70. The fraction of sp³-hybridized carbons (Fsp3) is 0.400. The minimum atomic E-state index is -0.899. The maximum atomic E-state index is 13.3. The van der Waals surface area contributed by atoms with Crippen LogP contribution in [0.1, 0.15) is 17.5 Å². The van der Waals surface area contributed by atoms with Crippen LogP contribution in [-0.2, 0) is 12.0 Å². The smallest absolute Gasteiger partial charge is 0.162 e. The van der Waals surface area contributed by atoms with Crippen LogP contribution in [0.3, 0.4) is 0 Å². The zero-order valence-corrected chi connectivity index (χ0v) is 7.56. The normalized spacial score (nSPS) is 25.1. The maximum Gasteiger partial charge on any atom is 0.162 e. The Morgan fingerprint density at radius 2 is 2.14 bits per heavy atom. The predicted octanol–water partition coefficient (Wildman–Crippen LogP) is 1.06. The van der Waals surface area contributed by atoms with E-state index in [-0.39, 0.29) is 6.61 Å². The van der Waals surface area contributed by atoms with Gasteiger partial charge in [-0.3, -0.25) is 0 Å². The molecule has 4 heteroatoms. The molecular weight excluding hydrogens is 188 g/mol. The van der Waals surface area contributed by atoms with Gasteiger partial charge in [-0.15, -0.1) is 0 Å². The quantitative estimate of drug-likeness (QED) is 0.710. The van der Waals surface area contributed by atoms with Gasteiger partial charge in [-0.1, -0.05) is 6.07 Å². The topological polar surface area (TPSA) is 46.2 Å². The van der Waals surface area contributed by atoms with Crippen molar-refractivity contribution in [2.45, 2.75) is 18.4 Å². The summed E-state index contributed by atoms with van der Waals surface area (Å²) in [5, 5.41) is 9.09. The number of rotatable bonds is 1. The molecule has 1 aliphatic carbocycles. The molecule has 0 saturated carbocycles. The van der Waals surface area contributed by atoms with Gasteiger partial charge in [-0.2, -0.15) is 0 Å². The van der Waals surface area contributed by atoms with Gasteiger partial charge < -0.3 is 10.8 Å². The Morgan fingerprint density at radius 3 is 2.79 bits per heavy atom. The van der Waals surface area contributed by atoms with Crippen LogP contribution < -0.4 is 5.73 Å². The lowest BCUT2D eigenvalue weighted by Crippen LogP contribution is -2.38. The number of hydrogen-bond donors (Lipinski definition) is 2. The summed E-state index contributed by atoms with van der Waals surface area (Å²) in [6.07, 6.45) is 0.842. The second-order valence-corrected chi connectivity index (χ2v) is 3.70. The molecule has 0 saturated heterocycles. The van der Waals surface area contributed by atoms with Crippen molar-refractivity contribution in [1.82, 2.24) is 0 Å². The van der Waals surface area contributed by atoms with Gasteiger partial charge in [0.15, 0.2) is 11.6 Å². The third-order valence-corrected chi connectivity index (χ3v) is 2.84. The van der Waals surface area contributed by atoms with Crippen LogP contribution in [0.15, 0.2) is 12.1 Å². The highest BCUT2D eigenvalue weighted by Crippen LogP contribution is 2.36. The highest BCUT2D eigenvalue weighted by molar-refractivity contribution is 5.39. The lowest BCUT2D eigenvalue weighted by molar-refractivity contribution is 0.196. The van der Waals surface area contributed by atoms with E-state index in [1.165, 1.54) is 6.07 Å². The minimum absolute atomic E-state index is 0.245. The van der Waals surface area contributed by atoms with Gasteiger partial charge in [0.2, 0.25) is 0 Å². The fourth-order valence-corrected chi connectivity index (χ4v) is 1.95. The van der Waals surface area contributed by atoms with Crippen molar-refractivity contribution in [3.63, 3.8) is 0 Å². The molecule has 1 aromatic carbocycles. The van der Waals surface area contributed by atoms with E-state index in [0.717, 1.165) is 6.07 Å². The van der Waals surface area contributed by atoms with Gasteiger partial charge in [-0.25, -0.2) is 8.78 Å². The number of nitrogens with two attached hydrogens (primary N) is 1. The summed E-state index contributed by atoms with van der Waals surface area (Å²) in [6.45, 7) is -0.245. The molecule has 0 aliphatic heterocycles. The Hall–Kier alpha value is -1.00. The second kappa shape index (κ2) is 3.00. The molecule has 0 unspecified atom stereocenters. The monoisotopic (exact) mass is 199 g/mol. The lowest BCUT2D eigenvalue weighted by atomic mass is 9.94. The van der Waals surface area contributed by atoms with E-state index in [1.54, 1.807) is 0 Å². The number of fused-ring (bicyclic) bond motifs is 1. The summed E-state index contributed by atoms with van der Waals surface area (Å²) in [6, 6.07) is 2.51. The Balaban J connectivity index is 2.58. The molecule has 76 valence electrons. The average molecular weight is 199 g/mol. The van der Waals surface area contributed by atoms with Gasteiger partial charge in [0.25, 0.3) is 0 Å². The molecule has 0 spiro atoms. The van der Waals surface area contributed by atoms with Gasteiger partial charge in [0.1, 0.15) is 0 Å². The zero-order valence-electron chi connectivity index (χ0n) is 7.56. The summed E-state index contributed by atoms with van der Waals surface area (Å²) in [5.41, 5.74) is 5.78. The first kappa shape index (κ1) is 9.55. The Labute approximate surface area is 80.4 Å². The van der Waals surface area contributed by atoms with Crippen LogP contribution in [0.25, 0.3) is 0 Å². The minimum Gasteiger partial charge on any atom is -0.394 e. The van der Waals surface area contributed by atoms with Crippen molar-refractivity contribution < 1.29 is 13.9 Å². The van der Waals surface area contributed by atoms with Crippen molar-refractivity contribution in [1.29, 1.82) is 0 Å². The molecule has 0 amide bonds. The summed E-state index contributed by atoms with van der Waals surface area (Å²) in [7, 11) is 0. The Bertz CT molecular complexity index is 381. The number of halogens is 2. The average Bonchev–Trinajstić information content (AvgIpc) is 2.52. The van der Waals surface area contributed by atoms with E-state index >= 15 is 0 Å². The SMILES string of the molecule is N[C@@]1(CO)CCc2c1ccc(F)c2F. The molecular formula is C10H11F2NO. The largest absolute Gasteiger partial charge is 0.394 e. The maximum absolute atomic E-state index is 13.3. The molecule has 14 heavy (non-hydrogen) atoms. The van der Waals surface area contributed by atoms with Crippen LogP contribution in [-0.4, -0.2) is 11.7 Å². The number of aliphatic hydroxyl groups excluding tert-OH is 1. The third-order valence-electron chi connectivity index (χ3n) is 2.84. The summed E-state index contributed by atoms with van der Waals surface area (Å²) in [5.74, 6) is -1.69. The number of hydrogen-bond acceptors (Lipinski definition) is 2. The highest BCUT2D eigenvalue weighted by Gasteiger charge is 2.36. The van der Waals surface area contributed by atoms with Gasteiger partial charge in [0.05, 0.1) is 12.1 Å². The first-order valence-corrected chi connectivity index (χ1v) is 4.45. The molecule has 2 nitrogen and oxygen atoms in total. The molecule has 1 atom stereocenters. The van der Waals surface area contributed by atoms with E-state index in [9.17, 15) is 8.78 Å². The highest BCUT2D eigenvalue weighted by atomic mass is 19.2. The molecule has 0 bridgehead atoms. The third kappa shape index (κ3) is 1.14. The molecule has 1 aliphatic rings. The lowest BCUT2D eigenvalue weighted by Gasteiger charge is -2.22. The zero-order chi connectivity index (χ0) is 10.3. The van der Waals surface area contributed by atoms with E-state index in [0.29, 0.717) is 24.0 Å². The number of aliphatic hydroxyl groups is 1. The van der Waals surface area contributed by atoms with Crippen molar-refractivity contribution in [2.75, 3.05) is 6.61 Å². The summed E-state index contributed by atoms with van der Waals surface area (Å²) in [4.78, 5) is 0. The molecule has 0 fully saturated rings. The fourth-order valence-electron chi connectivity index (χ4n) is 1.95. The molecule has 0 heterocycles. The van der Waals surface area contributed by atoms with E-state index < -0.39 is 17.2 Å². The first-order valence-electron chi connectivity index (χ1n) is 4.45. The standard InChI is InChI=1S/C10H11F2NO/c11-8-2-1-7-6(9(8)12)3-4-10(7,13)5-14/h1-2,14H,3-5,13H2/t10-/m1/s1. The van der Waals surface area contributed by atoms with Gasteiger partial charge >= 0.3 is 0 Å². The molecule has 3 N–H and O–H groups in total. The van der Waals surface area contributed by atoms with Gasteiger partial charge in [0, 0.05) is 0 Å². The van der Waals surface area contributed by atoms with Crippen LogP contribution in [0, 0.1) is 11.6 Å². The van der Waals surface area contributed by atoms with Crippen LogP contribution >= 0.6 is 0 Å². The Morgan fingerprint density at radius 1 is 1.43 bits per heavy atom. The van der Waals surface area contributed by atoms with Crippen LogP contribution in [0.5, 0.6) is 0 Å². The molecule has 0 aromatic heterocycles. The molecule has 0 radical (unpaired) electrons.